The summed E-state index contributed by atoms with van der Waals surface area (Å²) in [6.07, 6.45) is 0. The summed E-state index contributed by atoms with van der Waals surface area (Å²) in [7, 11) is 0. The predicted molar refractivity (Wildman–Crippen MR) is 50.5 cm³/mol. The van der Waals surface area contributed by atoms with Gasteiger partial charge in [-0.25, -0.2) is 4.39 Å². The molecule has 1 aliphatic rings. The van der Waals surface area contributed by atoms with E-state index in [9.17, 15) is 9.18 Å². The Balaban J connectivity index is 2.65. The number of benzene rings is 1. The first-order valence-electron chi connectivity index (χ1n) is 3.89. The number of carbonyl (C=O) groups excluding carboxylic acids is 1. The van der Waals surface area contributed by atoms with Crippen molar-refractivity contribution in [1.29, 1.82) is 0 Å². The minimum Gasteiger partial charge on any atom is -0.410 e. The van der Waals surface area contributed by atoms with Crippen molar-refractivity contribution < 1.29 is 14.4 Å². The van der Waals surface area contributed by atoms with Crippen LogP contribution in [0.15, 0.2) is 22.2 Å². The quantitative estimate of drug-likeness (QED) is 0.528. The number of ketones is 1. The Morgan fingerprint density at radius 3 is 2.86 bits per heavy atom. The van der Waals surface area contributed by atoms with Crippen molar-refractivity contribution in [2.75, 3.05) is 0 Å². The maximum absolute atomic E-state index is 13.1. The van der Waals surface area contributed by atoms with E-state index in [2.05, 4.69) is 5.16 Å². The number of carbonyl (C=O) groups is 1. The fourth-order valence-corrected chi connectivity index (χ4v) is 2.26. The Morgan fingerprint density at radius 1 is 1.50 bits per heavy atom. The van der Waals surface area contributed by atoms with Crippen molar-refractivity contribution in [2.45, 2.75) is 11.8 Å². The maximum atomic E-state index is 13.1. The predicted octanol–water partition coefficient (Wildman–Crippen LogP) is 2.21. The molecule has 2 rings (SSSR count). The van der Waals surface area contributed by atoms with Gasteiger partial charge in [0.05, 0.1) is 0 Å². The van der Waals surface area contributed by atoms with Gasteiger partial charge in [0.15, 0.2) is 5.04 Å². The second-order valence-electron chi connectivity index (χ2n) is 2.89. The van der Waals surface area contributed by atoms with Crippen LogP contribution in [0, 0.1) is 12.7 Å². The molecular weight excluding hydrogens is 205 g/mol. The van der Waals surface area contributed by atoms with Gasteiger partial charge in [0.25, 0.3) is 0 Å². The molecule has 14 heavy (non-hydrogen) atoms. The summed E-state index contributed by atoms with van der Waals surface area (Å²) in [5, 5.41) is 11.4. The molecule has 0 saturated heterocycles. The first kappa shape index (κ1) is 9.21. The lowest BCUT2D eigenvalue weighted by Gasteiger charge is -2.00. The van der Waals surface area contributed by atoms with Crippen molar-refractivity contribution in [3.8, 4) is 0 Å². The number of rotatable bonds is 0. The molecule has 72 valence electrons. The smallest absolute Gasteiger partial charge is 0.222 e. The molecule has 0 unspecified atom stereocenters. The molecule has 1 N–H and O–H groups in total. The van der Waals surface area contributed by atoms with Gasteiger partial charge in [0.2, 0.25) is 5.78 Å². The molecular formula is C9H6FNO2S. The molecule has 0 saturated carbocycles. The molecule has 3 nitrogen and oxygen atoms in total. The van der Waals surface area contributed by atoms with E-state index in [0.717, 1.165) is 11.8 Å². The highest BCUT2D eigenvalue weighted by Gasteiger charge is 2.30. The zero-order valence-corrected chi connectivity index (χ0v) is 8.06. The fourth-order valence-electron chi connectivity index (χ4n) is 1.30. The van der Waals surface area contributed by atoms with Gasteiger partial charge in [0.1, 0.15) is 5.82 Å². The van der Waals surface area contributed by atoms with Gasteiger partial charge < -0.3 is 5.21 Å². The standard InChI is InChI=1S/C9H6FNO2S/c1-4-6(10)3-2-5-7(12)9(11-13)14-8(4)5/h2-3,13H,1H3/b11-9+. The molecule has 0 radical (unpaired) electrons. The first-order valence-corrected chi connectivity index (χ1v) is 4.70. The van der Waals surface area contributed by atoms with Crippen LogP contribution in [0.25, 0.3) is 0 Å². The number of Topliss-reactive ketones (excluding diaryl/α,β-unsaturated/α-hetero) is 1. The average molecular weight is 211 g/mol. The van der Waals surface area contributed by atoms with E-state index in [4.69, 9.17) is 5.21 Å². The normalized spacial score (nSPS) is 17.6. The summed E-state index contributed by atoms with van der Waals surface area (Å²) in [6, 6.07) is 2.65. The number of fused-ring (bicyclic) bond motifs is 1. The molecule has 5 heteroatoms. The number of hydrogen-bond acceptors (Lipinski definition) is 4. The first-order chi connectivity index (χ1) is 6.65. The van der Waals surface area contributed by atoms with E-state index in [1.165, 1.54) is 12.1 Å². The SMILES string of the molecule is Cc1c(F)ccc2c1S/C(=N/O)C2=O. The Hall–Kier alpha value is -1.36. The number of hydrogen-bond donors (Lipinski definition) is 1. The fraction of sp³-hybridized carbons (Fsp3) is 0.111. The second-order valence-corrected chi connectivity index (χ2v) is 3.88. The topological polar surface area (TPSA) is 49.7 Å². The Bertz CT molecular complexity index is 456. The average Bonchev–Trinajstić information content (AvgIpc) is 2.50. The van der Waals surface area contributed by atoms with Gasteiger partial charge in [0, 0.05) is 10.5 Å². The number of oxime groups is 1. The molecule has 0 atom stereocenters. The summed E-state index contributed by atoms with van der Waals surface area (Å²) in [6.45, 7) is 1.59. The highest BCUT2D eigenvalue weighted by Crippen LogP contribution is 2.36. The van der Waals surface area contributed by atoms with Crippen molar-refractivity contribution in [2.24, 2.45) is 5.16 Å². The summed E-state index contributed by atoms with van der Waals surface area (Å²) >= 11 is 0.996. The van der Waals surface area contributed by atoms with Gasteiger partial charge >= 0.3 is 0 Å². The van der Waals surface area contributed by atoms with Crippen LogP contribution in [0.5, 0.6) is 0 Å². The Morgan fingerprint density at radius 2 is 2.21 bits per heavy atom. The maximum Gasteiger partial charge on any atom is 0.222 e. The molecule has 0 aromatic heterocycles. The van der Waals surface area contributed by atoms with Crippen LogP contribution in [-0.2, 0) is 0 Å². The van der Waals surface area contributed by atoms with Crippen molar-refractivity contribution in [3.63, 3.8) is 0 Å². The van der Waals surface area contributed by atoms with Crippen LogP contribution >= 0.6 is 11.8 Å². The highest BCUT2D eigenvalue weighted by atomic mass is 32.2. The Kier molecular flexibility index (Phi) is 2.03. The van der Waals surface area contributed by atoms with E-state index in [-0.39, 0.29) is 16.6 Å². The van der Waals surface area contributed by atoms with E-state index >= 15 is 0 Å². The molecule has 0 bridgehead atoms. The van der Waals surface area contributed by atoms with Gasteiger partial charge in [-0.15, -0.1) is 0 Å². The molecule has 1 aromatic rings. The number of nitrogens with zero attached hydrogens (tertiary/aromatic N) is 1. The van der Waals surface area contributed by atoms with Gasteiger partial charge in [-0.05, 0) is 24.6 Å². The lowest BCUT2D eigenvalue weighted by Crippen LogP contribution is -2.03. The second kappa shape index (κ2) is 3.09. The Labute approximate surface area is 83.6 Å². The summed E-state index contributed by atoms with van der Waals surface area (Å²) in [4.78, 5) is 12.0. The summed E-state index contributed by atoms with van der Waals surface area (Å²) in [5.41, 5.74) is 0.821. The molecule has 0 fully saturated rings. The number of halogens is 1. The van der Waals surface area contributed by atoms with Crippen LogP contribution in [0.3, 0.4) is 0 Å². The molecule has 0 amide bonds. The van der Waals surface area contributed by atoms with Crippen LogP contribution < -0.4 is 0 Å². The van der Waals surface area contributed by atoms with Gasteiger partial charge in [-0.1, -0.05) is 16.9 Å². The van der Waals surface area contributed by atoms with E-state index in [1.807, 2.05) is 0 Å². The van der Waals surface area contributed by atoms with Gasteiger partial charge in [-0.2, -0.15) is 0 Å². The molecule has 0 aliphatic carbocycles. The largest absolute Gasteiger partial charge is 0.410 e. The monoisotopic (exact) mass is 211 g/mol. The minimum atomic E-state index is -0.358. The van der Waals surface area contributed by atoms with Gasteiger partial charge in [-0.3, -0.25) is 4.79 Å². The van der Waals surface area contributed by atoms with Crippen molar-refractivity contribution in [1.82, 2.24) is 0 Å². The zero-order chi connectivity index (χ0) is 10.3. The lowest BCUT2D eigenvalue weighted by atomic mass is 10.1. The summed E-state index contributed by atoms with van der Waals surface area (Å²) < 4.78 is 13.1. The van der Waals surface area contributed by atoms with Crippen LogP contribution in [0.1, 0.15) is 15.9 Å². The molecule has 1 aliphatic heterocycles. The van der Waals surface area contributed by atoms with Crippen molar-refractivity contribution in [3.05, 3.63) is 29.1 Å². The third kappa shape index (κ3) is 1.13. The lowest BCUT2D eigenvalue weighted by molar-refractivity contribution is 0.106. The van der Waals surface area contributed by atoms with Crippen molar-refractivity contribution >= 4 is 22.6 Å². The minimum absolute atomic E-state index is 0.00583. The zero-order valence-electron chi connectivity index (χ0n) is 7.24. The third-order valence-electron chi connectivity index (χ3n) is 2.07. The highest BCUT2D eigenvalue weighted by molar-refractivity contribution is 8.16. The van der Waals surface area contributed by atoms with Crippen LogP contribution in [0.4, 0.5) is 4.39 Å². The molecule has 1 heterocycles. The van der Waals surface area contributed by atoms with Crippen LogP contribution in [-0.4, -0.2) is 16.0 Å². The molecule has 0 spiro atoms. The van der Waals surface area contributed by atoms with E-state index in [0.29, 0.717) is 16.0 Å². The van der Waals surface area contributed by atoms with E-state index in [1.54, 1.807) is 6.92 Å². The summed E-state index contributed by atoms with van der Waals surface area (Å²) in [5.74, 6) is -0.709. The number of thioether (sulfide) groups is 1. The molecule has 1 aromatic carbocycles. The third-order valence-corrected chi connectivity index (χ3v) is 3.26. The van der Waals surface area contributed by atoms with E-state index < -0.39 is 0 Å². The van der Waals surface area contributed by atoms with Crippen LogP contribution in [0.2, 0.25) is 0 Å².